The Bertz CT molecular complexity index is 1300. The van der Waals surface area contributed by atoms with E-state index in [4.69, 9.17) is 9.47 Å². The van der Waals surface area contributed by atoms with E-state index in [1.807, 2.05) is 24.3 Å². The first kappa shape index (κ1) is 22.2. The molecule has 3 aromatic rings. The quantitative estimate of drug-likeness (QED) is 0.283. The molecule has 0 aliphatic carbocycles. The van der Waals surface area contributed by atoms with E-state index >= 15 is 0 Å². The molecule has 0 spiro atoms. The molecule has 0 aromatic heterocycles. The summed E-state index contributed by atoms with van der Waals surface area (Å²) in [4.78, 5) is 28.0. The van der Waals surface area contributed by atoms with Crippen LogP contribution >= 0.6 is 15.9 Å². The molecule has 7 heteroatoms. The van der Waals surface area contributed by atoms with Crippen molar-refractivity contribution in [3.63, 3.8) is 0 Å². The van der Waals surface area contributed by atoms with Crippen molar-refractivity contribution >= 4 is 39.1 Å². The van der Waals surface area contributed by atoms with Crippen molar-refractivity contribution in [2.24, 2.45) is 0 Å². The fourth-order valence-electron chi connectivity index (χ4n) is 4.30. The summed E-state index contributed by atoms with van der Waals surface area (Å²) in [5, 5.41) is 11.2. The zero-order chi connectivity index (χ0) is 23.8. The van der Waals surface area contributed by atoms with Gasteiger partial charge >= 0.3 is 0 Å². The van der Waals surface area contributed by atoms with Crippen LogP contribution in [0.2, 0.25) is 0 Å². The Hall–Kier alpha value is -3.58. The molecule has 0 bridgehead atoms. The van der Waals surface area contributed by atoms with Crippen molar-refractivity contribution in [2.45, 2.75) is 19.4 Å². The van der Waals surface area contributed by atoms with Gasteiger partial charge in [0.15, 0.2) is 11.5 Å². The van der Waals surface area contributed by atoms with Gasteiger partial charge in [0, 0.05) is 21.8 Å². The number of ketones is 1. The number of Topliss-reactive ketones (excluding diaryl/α,β-unsaturated/α-hetero) is 1. The standard InChI is InChI=1S/C27H22BrNO5/c1-2-16-3-5-17(6-4-16)24-23(25(30)18-7-9-19(28)10-8-18)26(31)27(32)29(24)20-11-12-21-22(15-20)34-14-13-33-21/h3-12,15,24,30H,2,13-14H2,1H3/b25-23+. The van der Waals surface area contributed by atoms with Gasteiger partial charge in [-0.05, 0) is 41.8 Å². The molecule has 1 saturated heterocycles. The SMILES string of the molecule is CCc1ccc(C2/C(=C(\O)c3ccc(Br)cc3)C(=O)C(=O)N2c2ccc3c(c2)OCCO3)cc1. The van der Waals surface area contributed by atoms with Crippen LogP contribution < -0.4 is 14.4 Å². The van der Waals surface area contributed by atoms with Crippen molar-refractivity contribution in [2.75, 3.05) is 18.1 Å². The number of hydrogen-bond acceptors (Lipinski definition) is 5. The normalized spacial score (nSPS) is 18.9. The minimum absolute atomic E-state index is 0.0476. The highest BCUT2D eigenvalue weighted by Gasteiger charge is 2.47. The number of ether oxygens (including phenoxy) is 2. The number of benzene rings is 3. The van der Waals surface area contributed by atoms with Gasteiger partial charge in [-0.15, -0.1) is 0 Å². The number of anilines is 1. The van der Waals surface area contributed by atoms with Crippen LogP contribution in [0.15, 0.2) is 76.8 Å². The van der Waals surface area contributed by atoms with Gasteiger partial charge in [-0.3, -0.25) is 14.5 Å². The number of aryl methyl sites for hydroxylation is 1. The molecule has 2 heterocycles. The number of aliphatic hydroxyl groups excluding tert-OH is 1. The van der Waals surface area contributed by atoms with E-state index < -0.39 is 17.7 Å². The molecule has 2 aliphatic heterocycles. The van der Waals surface area contributed by atoms with E-state index in [0.717, 1.165) is 22.0 Å². The first-order chi connectivity index (χ1) is 16.5. The molecule has 6 nitrogen and oxygen atoms in total. The van der Waals surface area contributed by atoms with Crippen LogP contribution in [0.3, 0.4) is 0 Å². The summed E-state index contributed by atoms with van der Waals surface area (Å²) in [5.74, 6) is -0.556. The van der Waals surface area contributed by atoms with Gasteiger partial charge in [0.05, 0.1) is 11.6 Å². The number of carbonyl (C=O) groups is 2. The van der Waals surface area contributed by atoms with Gasteiger partial charge in [0.1, 0.15) is 19.0 Å². The minimum Gasteiger partial charge on any atom is -0.507 e. The molecule has 1 amide bonds. The molecular weight excluding hydrogens is 498 g/mol. The fraction of sp³-hybridized carbons (Fsp3) is 0.185. The second-order valence-corrected chi connectivity index (χ2v) is 9.01. The molecule has 1 unspecified atom stereocenters. The maximum Gasteiger partial charge on any atom is 0.300 e. The summed E-state index contributed by atoms with van der Waals surface area (Å²) in [5.41, 5.74) is 2.86. The van der Waals surface area contributed by atoms with Crippen LogP contribution in [-0.2, 0) is 16.0 Å². The number of halogens is 1. The summed E-state index contributed by atoms with van der Waals surface area (Å²) in [7, 11) is 0. The molecular formula is C27H22BrNO5. The summed E-state index contributed by atoms with van der Waals surface area (Å²) in [6, 6.07) is 19.1. The number of rotatable bonds is 4. The average Bonchev–Trinajstić information content (AvgIpc) is 3.14. The largest absolute Gasteiger partial charge is 0.507 e. The lowest BCUT2D eigenvalue weighted by molar-refractivity contribution is -0.132. The summed E-state index contributed by atoms with van der Waals surface area (Å²) in [6.07, 6.45) is 0.863. The Morgan fingerprint density at radius 3 is 2.32 bits per heavy atom. The van der Waals surface area contributed by atoms with Crippen molar-refractivity contribution in [1.29, 1.82) is 0 Å². The average molecular weight is 520 g/mol. The topological polar surface area (TPSA) is 76.1 Å². The smallest absolute Gasteiger partial charge is 0.300 e. The molecule has 0 radical (unpaired) electrons. The molecule has 5 rings (SSSR count). The number of carbonyl (C=O) groups excluding carboxylic acids is 2. The number of fused-ring (bicyclic) bond motifs is 1. The maximum atomic E-state index is 13.3. The molecule has 0 saturated carbocycles. The Morgan fingerprint density at radius 1 is 0.971 bits per heavy atom. The third kappa shape index (κ3) is 3.86. The predicted molar refractivity (Wildman–Crippen MR) is 132 cm³/mol. The van der Waals surface area contributed by atoms with E-state index in [0.29, 0.717) is 36.0 Å². The van der Waals surface area contributed by atoms with Crippen molar-refractivity contribution in [3.8, 4) is 11.5 Å². The summed E-state index contributed by atoms with van der Waals surface area (Å²) >= 11 is 3.38. The fourth-order valence-corrected chi connectivity index (χ4v) is 4.56. The highest BCUT2D eigenvalue weighted by molar-refractivity contribution is 9.10. The second-order valence-electron chi connectivity index (χ2n) is 8.10. The van der Waals surface area contributed by atoms with Crippen molar-refractivity contribution < 1.29 is 24.2 Å². The molecule has 1 N–H and O–H groups in total. The van der Waals surface area contributed by atoms with Crippen molar-refractivity contribution in [3.05, 3.63) is 93.5 Å². The van der Waals surface area contributed by atoms with Gasteiger partial charge in [-0.1, -0.05) is 59.3 Å². The van der Waals surface area contributed by atoms with Crippen molar-refractivity contribution in [1.82, 2.24) is 0 Å². The van der Waals surface area contributed by atoms with E-state index in [-0.39, 0.29) is 11.3 Å². The van der Waals surface area contributed by atoms with Crippen LogP contribution in [0.4, 0.5) is 5.69 Å². The van der Waals surface area contributed by atoms with E-state index in [1.54, 1.807) is 42.5 Å². The predicted octanol–water partition coefficient (Wildman–Crippen LogP) is 5.41. The molecule has 2 aliphatic rings. The molecule has 34 heavy (non-hydrogen) atoms. The Morgan fingerprint density at radius 2 is 1.65 bits per heavy atom. The molecule has 1 atom stereocenters. The number of nitrogens with zero attached hydrogens (tertiary/aromatic N) is 1. The van der Waals surface area contributed by atoms with Gasteiger partial charge in [0.25, 0.3) is 11.7 Å². The summed E-state index contributed by atoms with van der Waals surface area (Å²) in [6.45, 7) is 2.92. The van der Waals surface area contributed by atoms with E-state index in [2.05, 4.69) is 22.9 Å². The summed E-state index contributed by atoms with van der Waals surface area (Å²) < 4.78 is 12.1. The lowest BCUT2D eigenvalue weighted by Crippen LogP contribution is -2.29. The van der Waals surface area contributed by atoms with Gasteiger partial charge in [-0.2, -0.15) is 0 Å². The molecule has 3 aromatic carbocycles. The number of amides is 1. The maximum absolute atomic E-state index is 13.3. The third-order valence-electron chi connectivity index (χ3n) is 6.07. The van der Waals surface area contributed by atoms with E-state index in [9.17, 15) is 14.7 Å². The zero-order valence-electron chi connectivity index (χ0n) is 18.5. The Kier molecular flexibility index (Phi) is 5.87. The van der Waals surface area contributed by atoms with Crippen LogP contribution in [0.1, 0.15) is 29.7 Å². The van der Waals surface area contributed by atoms with Gasteiger partial charge < -0.3 is 14.6 Å². The minimum atomic E-state index is -0.794. The van der Waals surface area contributed by atoms with Gasteiger partial charge in [0.2, 0.25) is 0 Å². The number of hydrogen-bond donors (Lipinski definition) is 1. The third-order valence-corrected chi connectivity index (χ3v) is 6.60. The Balaban J connectivity index is 1.68. The second kappa shape index (κ2) is 8.99. The first-order valence-corrected chi connectivity index (χ1v) is 11.8. The Labute approximate surface area is 205 Å². The monoisotopic (exact) mass is 519 g/mol. The lowest BCUT2D eigenvalue weighted by Gasteiger charge is -2.27. The highest BCUT2D eigenvalue weighted by atomic mass is 79.9. The van der Waals surface area contributed by atoms with Crippen LogP contribution in [0.25, 0.3) is 5.76 Å². The zero-order valence-corrected chi connectivity index (χ0v) is 20.0. The van der Waals surface area contributed by atoms with Crippen LogP contribution in [-0.4, -0.2) is 30.0 Å². The van der Waals surface area contributed by atoms with E-state index in [1.165, 1.54) is 4.90 Å². The first-order valence-electron chi connectivity index (χ1n) is 11.0. The molecule has 172 valence electrons. The van der Waals surface area contributed by atoms with Crippen LogP contribution in [0.5, 0.6) is 11.5 Å². The molecule has 1 fully saturated rings. The number of aliphatic hydroxyl groups is 1. The lowest BCUT2D eigenvalue weighted by atomic mass is 9.94. The van der Waals surface area contributed by atoms with Gasteiger partial charge in [-0.25, -0.2) is 0 Å². The van der Waals surface area contributed by atoms with Crippen LogP contribution in [0, 0.1) is 0 Å². The highest BCUT2D eigenvalue weighted by Crippen LogP contribution is 2.44.